The number of aliphatic hydroxyl groups excluding tert-OH is 1. The summed E-state index contributed by atoms with van der Waals surface area (Å²) in [5, 5.41) is 10.8. The minimum Gasteiger partial charge on any atom is -0.491 e. The predicted octanol–water partition coefficient (Wildman–Crippen LogP) is 3.05. The van der Waals surface area contributed by atoms with Crippen LogP contribution in [0.15, 0.2) is 60.8 Å². The van der Waals surface area contributed by atoms with Gasteiger partial charge < -0.3 is 19.5 Å². The summed E-state index contributed by atoms with van der Waals surface area (Å²) < 4.78 is 24.8. The number of halogens is 1. The third kappa shape index (κ3) is 5.61. The summed E-state index contributed by atoms with van der Waals surface area (Å²) >= 11 is 0. The first kappa shape index (κ1) is 23.3. The fraction of sp³-hybridized carbons (Fsp3) is 0.333. The molecule has 2 aromatic carbocycles. The van der Waals surface area contributed by atoms with Gasteiger partial charge in [0.2, 0.25) is 5.95 Å². The zero-order valence-electron chi connectivity index (χ0n) is 19.4. The lowest BCUT2D eigenvalue weighted by Gasteiger charge is -2.32. The Morgan fingerprint density at radius 1 is 1.09 bits per heavy atom. The van der Waals surface area contributed by atoms with Gasteiger partial charge in [0.25, 0.3) is 5.91 Å². The Hall–Kier alpha value is -3.49. The first-order chi connectivity index (χ1) is 17.0. The van der Waals surface area contributed by atoms with Crippen LogP contribution in [0.5, 0.6) is 11.5 Å². The highest BCUT2D eigenvalue weighted by Gasteiger charge is 2.27. The molecule has 1 amide bonds. The van der Waals surface area contributed by atoms with Gasteiger partial charge in [0.1, 0.15) is 24.7 Å². The zero-order valence-corrected chi connectivity index (χ0v) is 19.4. The highest BCUT2D eigenvalue weighted by Crippen LogP contribution is 2.29. The second-order valence-electron chi connectivity index (χ2n) is 8.94. The van der Waals surface area contributed by atoms with Crippen LogP contribution in [0.1, 0.15) is 27.0 Å². The fourth-order valence-electron chi connectivity index (χ4n) is 4.62. The van der Waals surface area contributed by atoms with Gasteiger partial charge in [-0.2, -0.15) is 4.39 Å². The summed E-state index contributed by atoms with van der Waals surface area (Å²) in [5.41, 5.74) is 3.75. The number of carbonyl (C=O) groups is 1. The summed E-state index contributed by atoms with van der Waals surface area (Å²) in [6, 6.07) is 16.4. The molecule has 3 heterocycles. The highest BCUT2D eigenvalue weighted by atomic mass is 19.1. The quantitative estimate of drug-likeness (QED) is 0.528. The normalized spacial score (nSPS) is 16.6. The Kier molecular flexibility index (Phi) is 6.92. The molecule has 1 atom stereocenters. The molecule has 2 aliphatic rings. The molecule has 182 valence electrons. The van der Waals surface area contributed by atoms with E-state index < -0.39 is 12.1 Å². The number of hydrogen-bond acceptors (Lipinski definition) is 6. The van der Waals surface area contributed by atoms with E-state index in [-0.39, 0.29) is 19.1 Å². The van der Waals surface area contributed by atoms with Crippen molar-refractivity contribution in [1.29, 1.82) is 0 Å². The van der Waals surface area contributed by atoms with Crippen molar-refractivity contribution in [2.24, 2.45) is 0 Å². The highest BCUT2D eigenvalue weighted by molar-refractivity contribution is 5.97. The van der Waals surface area contributed by atoms with Gasteiger partial charge in [-0.1, -0.05) is 24.3 Å². The number of aliphatic hydroxyl groups is 1. The van der Waals surface area contributed by atoms with E-state index in [1.165, 1.54) is 23.4 Å². The molecule has 0 saturated carbocycles. The number of hydrogen-bond donors (Lipinski definition) is 1. The SMILES string of the molecule is O=C1c2ccc(OCc3ccnc(F)c3)cc2OCCN1CC(O)CN1CCc2ccccc2C1. The Bertz CT molecular complexity index is 1200. The number of fused-ring (bicyclic) bond motifs is 2. The molecule has 1 N–H and O–H groups in total. The van der Waals surface area contributed by atoms with E-state index >= 15 is 0 Å². The molecule has 0 saturated heterocycles. The van der Waals surface area contributed by atoms with Gasteiger partial charge in [-0.15, -0.1) is 0 Å². The standard InChI is InChI=1S/C27H28FN3O4/c28-26-13-19(7-9-29-26)18-35-23-5-6-24-25(14-23)34-12-11-31(27(24)33)17-22(32)16-30-10-8-20-3-1-2-4-21(20)15-30/h1-7,9,13-14,22,32H,8,10-12,15-18H2. The van der Waals surface area contributed by atoms with Crippen LogP contribution in [-0.4, -0.2) is 64.7 Å². The number of aromatic nitrogens is 1. The van der Waals surface area contributed by atoms with Gasteiger partial charge in [-0.25, -0.2) is 4.98 Å². The maximum atomic E-state index is 13.3. The van der Waals surface area contributed by atoms with Crippen molar-refractivity contribution in [3.05, 3.63) is 89.0 Å². The van der Waals surface area contributed by atoms with Crippen molar-refractivity contribution in [3.8, 4) is 11.5 Å². The van der Waals surface area contributed by atoms with Crippen molar-refractivity contribution in [2.75, 3.05) is 32.8 Å². The summed E-state index contributed by atoms with van der Waals surface area (Å²) in [6.07, 6.45) is 1.70. The van der Waals surface area contributed by atoms with E-state index in [4.69, 9.17) is 9.47 Å². The van der Waals surface area contributed by atoms with E-state index in [2.05, 4.69) is 28.1 Å². The van der Waals surface area contributed by atoms with Gasteiger partial charge >= 0.3 is 0 Å². The Morgan fingerprint density at radius 3 is 2.80 bits per heavy atom. The zero-order chi connectivity index (χ0) is 24.2. The van der Waals surface area contributed by atoms with Crippen molar-refractivity contribution < 1.29 is 23.8 Å². The van der Waals surface area contributed by atoms with Gasteiger partial charge in [-0.05, 0) is 47.4 Å². The number of benzene rings is 2. The van der Waals surface area contributed by atoms with E-state index in [0.29, 0.717) is 42.3 Å². The van der Waals surface area contributed by atoms with Gasteiger partial charge in [-0.3, -0.25) is 9.69 Å². The number of amides is 1. The minimum atomic E-state index is -0.658. The number of nitrogens with zero attached hydrogens (tertiary/aromatic N) is 3. The molecular formula is C27H28FN3O4. The third-order valence-corrected chi connectivity index (χ3v) is 6.40. The molecule has 1 unspecified atom stereocenters. The molecule has 0 fully saturated rings. The fourth-order valence-corrected chi connectivity index (χ4v) is 4.62. The molecule has 35 heavy (non-hydrogen) atoms. The molecule has 0 radical (unpaired) electrons. The summed E-state index contributed by atoms with van der Waals surface area (Å²) in [6.45, 7) is 3.33. The maximum Gasteiger partial charge on any atom is 0.257 e. The summed E-state index contributed by atoms with van der Waals surface area (Å²) in [4.78, 5) is 20.6. The lowest BCUT2D eigenvalue weighted by molar-refractivity contribution is 0.0501. The third-order valence-electron chi connectivity index (χ3n) is 6.40. The van der Waals surface area contributed by atoms with Crippen LogP contribution in [0.4, 0.5) is 4.39 Å². The van der Waals surface area contributed by atoms with Gasteiger partial charge in [0, 0.05) is 38.4 Å². The Labute approximate surface area is 203 Å². The molecule has 0 bridgehead atoms. The number of pyridine rings is 1. The van der Waals surface area contributed by atoms with Crippen LogP contribution in [0.3, 0.4) is 0 Å². The number of β-amino-alcohol motifs (C(OH)–C–C–N with tert-alkyl or cyclic N) is 1. The van der Waals surface area contributed by atoms with Crippen molar-refractivity contribution >= 4 is 5.91 Å². The molecule has 2 aliphatic heterocycles. The van der Waals surface area contributed by atoms with Crippen LogP contribution in [0.25, 0.3) is 0 Å². The molecule has 0 aliphatic carbocycles. The Balaban J connectivity index is 1.19. The largest absolute Gasteiger partial charge is 0.491 e. The summed E-state index contributed by atoms with van der Waals surface area (Å²) in [5.74, 6) is 0.225. The number of carbonyl (C=O) groups excluding carboxylic acids is 1. The second kappa shape index (κ2) is 10.4. The van der Waals surface area contributed by atoms with Crippen molar-refractivity contribution in [3.63, 3.8) is 0 Å². The van der Waals surface area contributed by atoms with E-state index in [1.807, 2.05) is 6.07 Å². The summed E-state index contributed by atoms with van der Waals surface area (Å²) in [7, 11) is 0. The smallest absolute Gasteiger partial charge is 0.257 e. The van der Waals surface area contributed by atoms with Gasteiger partial charge in [0.05, 0.1) is 18.2 Å². The average molecular weight is 478 g/mol. The topological polar surface area (TPSA) is 75.1 Å². The van der Waals surface area contributed by atoms with E-state index in [9.17, 15) is 14.3 Å². The molecule has 8 heteroatoms. The molecule has 7 nitrogen and oxygen atoms in total. The average Bonchev–Trinajstić information content (AvgIpc) is 3.01. The van der Waals surface area contributed by atoms with Crippen LogP contribution in [0, 0.1) is 5.95 Å². The van der Waals surface area contributed by atoms with Crippen LogP contribution >= 0.6 is 0 Å². The lowest BCUT2D eigenvalue weighted by atomic mass is 10.00. The number of ether oxygens (including phenoxy) is 2. The van der Waals surface area contributed by atoms with Gasteiger partial charge in [0.15, 0.2) is 0 Å². The Morgan fingerprint density at radius 2 is 1.94 bits per heavy atom. The molecule has 5 rings (SSSR count). The van der Waals surface area contributed by atoms with Crippen LogP contribution in [0.2, 0.25) is 0 Å². The van der Waals surface area contributed by atoms with Crippen LogP contribution in [-0.2, 0) is 19.6 Å². The minimum absolute atomic E-state index is 0.172. The van der Waals surface area contributed by atoms with Crippen molar-refractivity contribution in [1.82, 2.24) is 14.8 Å². The first-order valence-corrected chi connectivity index (χ1v) is 11.8. The van der Waals surface area contributed by atoms with Crippen LogP contribution < -0.4 is 9.47 Å². The van der Waals surface area contributed by atoms with E-state index in [1.54, 1.807) is 29.2 Å². The predicted molar refractivity (Wildman–Crippen MR) is 128 cm³/mol. The molecule has 1 aromatic heterocycles. The van der Waals surface area contributed by atoms with Crippen molar-refractivity contribution in [2.45, 2.75) is 25.7 Å². The molecule has 3 aromatic rings. The second-order valence-corrected chi connectivity index (χ2v) is 8.94. The monoisotopic (exact) mass is 477 g/mol. The molecule has 0 spiro atoms. The van der Waals surface area contributed by atoms with E-state index in [0.717, 1.165) is 19.5 Å². The lowest BCUT2D eigenvalue weighted by Crippen LogP contribution is -2.44. The number of rotatable bonds is 7. The first-order valence-electron chi connectivity index (χ1n) is 11.8. The molecular weight excluding hydrogens is 449 g/mol. The maximum absolute atomic E-state index is 13.3.